The average molecular weight is 225 g/mol. The van der Waals surface area contributed by atoms with Crippen molar-refractivity contribution in [2.45, 2.75) is 38.7 Å². The molecule has 1 fully saturated rings. The predicted molar refractivity (Wildman–Crippen MR) is 60.0 cm³/mol. The fourth-order valence-electron chi connectivity index (χ4n) is 1.81. The molecule has 1 N–H and O–H groups in total. The second kappa shape index (κ2) is 4.57. The summed E-state index contributed by atoms with van der Waals surface area (Å²) in [5.41, 5.74) is 0. The Morgan fingerprint density at radius 1 is 1.56 bits per heavy atom. The summed E-state index contributed by atoms with van der Waals surface area (Å²) in [5.74, 6) is 0.499. The predicted octanol–water partition coefficient (Wildman–Crippen LogP) is 2.08. The van der Waals surface area contributed by atoms with Gasteiger partial charge in [0.1, 0.15) is 5.76 Å². The lowest BCUT2D eigenvalue weighted by Crippen LogP contribution is -2.32. The van der Waals surface area contributed by atoms with E-state index in [9.17, 15) is 0 Å². The summed E-state index contributed by atoms with van der Waals surface area (Å²) < 4.78 is 16.5. The first-order chi connectivity index (χ1) is 7.57. The van der Waals surface area contributed by atoms with E-state index in [2.05, 4.69) is 12.2 Å². The van der Waals surface area contributed by atoms with Gasteiger partial charge in [0, 0.05) is 6.54 Å². The van der Waals surface area contributed by atoms with E-state index >= 15 is 0 Å². The van der Waals surface area contributed by atoms with Crippen molar-refractivity contribution >= 4 is 0 Å². The highest BCUT2D eigenvalue weighted by Crippen LogP contribution is 2.22. The number of hydrogen-bond donors (Lipinski definition) is 1. The van der Waals surface area contributed by atoms with Gasteiger partial charge in [0.25, 0.3) is 0 Å². The second-order valence-corrected chi connectivity index (χ2v) is 4.60. The Morgan fingerprint density at radius 2 is 2.38 bits per heavy atom. The largest absolute Gasteiger partial charge is 0.468 e. The topological polar surface area (TPSA) is 43.6 Å². The molecule has 1 aliphatic heterocycles. The van der Waals surface area contributed by atoms with Crippen molar-refractivity contribution in [2.24, 2.45) is 0 Å². The monoisotopic (exact) mass is 225 g/mol. The number of furan rings is 1. The third kappa shape index (κ3) is 2.84. The molecule has 4 nitrogen and oxygen atoms in total. The van der Waals surface area contributed by atoms with Crippen LogP contribution in [0.5, 0.6) is 0 Å². The van der Waals surface area contributed by atoms with Gasteiger partial charge in [-0.1, -0.05) is 0 Å². The molecule has 0 spiro atoms. The maximum atomic E-state index is 5.70. The SMILES string of the molecule is CC(NCC1COC(C)(C)O1)c1ccco1. The summed E-state index contributed by atoms with van der Waals surface area (Å²) in [6.07, 6.45) is 1.80. The van der Waals surface area contributed by atoms with Gasteiger partial charge in [-0.3, -0.25) is 0 Å². The molecule has 2 heterocycles. The maximum absolute atomic E-state index is 5.70. The van der Waals surface area contributed by atoms with Crippen LogP contribution in [0.4, 0.5) is 0 Å². The standard InChI is InChI=1S/C12H19NO3/c1-9(11-5-4-6-14-11)13-7-10-8-15-12(2,3)16-10/h4-6,9-10,13H,7-8H2,1-3H3. The van der Waals surface area contributed by atoms with Crippen molar-refractivity contribution in [1.82, 2.24) is 5.32 Å². The first-order valence-electron chi connectivity index (χ1n) is 5.65. The zero-order chi connectivity index (χ0) is 11.6. The van der Waals surface area contributed by atoms with Gasteiger partial charge in [-0.15, -0.1) is 0 Å². The van der Waals surface area contributed by atoms with Crippen molar-refractivity contribution in [3.8, 4) is 0 Å². The van der Waals surface area contributed by atoms with Crippen LogP contribution in [0.1, 0.15) is 32.6 Å². The van der Waals surface area contributed by atoms with E-state index in [0.717, 1.165) is 12.3 Å². The van der Waals surface area contributed by atoms with Crippen LogP contribution in [-0.2, 0) is 9.47 Å². The van der Waals surface area contributed by atoms with E-state index in [1.807, 2.05) is 26.0 Å². The van der Waals surface area contributed by atoms with Crippen LogP contribution in [0.15, 0.2) is 22.8 Å². The zero-order valence-electron chi connectivity index (χ0n) is 10.0. The van der Waals surface area contributed by atoms with Crippen LogP contribution in [-0.4, -0.2) is 25.0 Å². The number of hydrogen-bond acceptors (Lipinski definition) is 4. The van der Waals surface area contributed by atoms with Crippen LogP contribution in [0.3, 0.4) is 0 Å². The fraction of sp³-hybridized carbons (Fsp3) is 0.667. The molecule has 0 amide bonds. The Bertz CT molecular complexity index is 321. The van der Waals surface area contributed by atoms with E-state index in [-0.39, 0.29) is 12.1 Å². The Hall–Kier alpha value is -0.840. The maximum Gasteiger partial charge on any atom is 0.163 e. The van der Waals surface area contributed by atoms with Gasteiger partial charge in [-0.2, -0.15) is 0 Å². The minimum atomic E-state index is -0.444. The highest BCUT2D eigenvalue weighted by molar-refractivity contribution is 5.02. The van der Waals surface area contributed by atoms with Crippen LogP contribution in [0, 0.1) is 0 Å². The van der Waals surface area contributed by atoms with Crippen molar-refractivity contribution < 1.29 is 13.9 Å². The van der Waals surface area contributed by atoms with Crippen LogP contribution in [0.25, 0.3) is 0 Å². The van der Waals surface area contributed by atoms with Gasteiger partial charge < -0.3 is 19.2 Å². The molecule has 16 heavy (non-hydrogen) atoms. The fourth-order valence-corrected chi connectivity index (χ4v) is 1.81. The molecule has 90 valence electrons. The number of ether oxygens (including phenoxy) is 2. The molecule has 0 bridgehead atoms. The summed E-state index contributed by atoms with van der Waals surface area (Å²) in [7, 11) is 0. The van der Waals surface area contributed by atoms with Crippen LogP contribution < -0.4 is 5.32 Å². The van der Waals surface area contributed by atoms with Crippen molar-refractivity contribution in [3.63, 3.8) is 0 Å². The van der Waals surface area contributed by atoms with E-state index in [0.29, 0.717) is 6.61 Å². The summed E-state index contributed by atoms with van der Waals surface area (Å²) in [6.45, 7) is 7.35. The molecule has 0 aromatic carbocycles. The zero-order valence-corrected chi connectivity index (χ0v) is 10.0. The lowest BCUT2D eigenvalue weighted by molar-refractivity contribution is -0.137. The molecule has 0 radical (unpaired) electrons. The van der Waals surface area contributed by atoms with Crippen LogP contribution >= 0.6 is 0 Å². The number of rotatable bonds is 4. The summed E-state index contributed by atoms with van der Waals surface area (Å²) in [4.78, 5) is 0. The second-order valence-electron chi connectivity index (χ2n) is 4.60. The van der Waals surface area contributed by atoms with Crippen molar-refractivity contribution in [3.05, 3.63) is 24.2 Å². The Kier molecular flexibility index (Phi) is 3.33. The molecule has 2 atom stereocenters. The summed E-state index contributed by atoms with van der Waals surface area (Å²) in [6, 6.07) is 4.06. The minimum absolute atomic E-state index is 0.118. The smallest absolute Gasteiger partial charge is 0.163 e. The lowest BCUT2D eigenvalue weighted by Gasteiger charge is -2.18. The molecule has 1 aromatic rings. The van der Waals surface area contributed by atoms with Gasteiger partial charge in [-0.25, -0.2) is 0 Å². The van der Waals surface area contributed by atoms with Crippen LogP contribution in [0.2, 0.25) is 0 Å². The van der Waals surface area contributed by atoms with Gasteiger partial charge in [0.2, 0.25) is 0 Å². The molecule has 0 saturated carbocycles. The molecular formula is C12H19NO3. The van der Waals surface area contributed by atoms with E-state index in [1.165, 1.54) is 0 Å². The van der Waals surface area contributed by atoms with Gasteiger partial charge in [0.05, 0.1) is 25.0 Å². The summed E-state index contributed by atoms with van der Waals surface area (Å²) in [5, 5.41) is 3.37. The van der Waals surface area contributed by atoms with Gasteiger partial charge >= 0.3 is 0 Å². The highest BCUT2D eigenvalue weighted by atomic mass is 16.7. The highest BCUT2D eigenvalue weighted by Gasteiger charge is 2.32. The molecule has 4 heteroatoms. The van der Waals surface area contributed by atoms with Crippen molar-refractivity contribution in [1.29, 1.82) is 0 Å². The molecule has 1 aromatic heterocycles. The van der Waals surface area contributed by atoms with E-state index in [1.54, 1.807) is 6.26 Å². The van der Waals surface area contributed by atoms with Gasteiger partial charge in [-0.05, 0) is 32.9 Å². The normalized spacial score (nSPS) is 25.8. The Labute approximate surface area is 95.9 Å². The first kappa shape index (κ1) is 11.6. The molecule has 0 aliphatic carbocycles. The summed E-state index contributed by atoms with van der Waals surface area (Å²) >= 11 is 0. The van der Waals surface area contributed by atoms with E-state index < -0.39 is 5.79 Å². The third-order valence-corrected chi connectivity index (χ3v) is 2.69. The molecule has 2 rings (SSSR count). The van der Waals surface area contributed by atoms with E-state index in [4.69, 9.17) is 13.9 Å². The minimum Gasteiger partial charge on any atom is -0.468 e. The molecule has 1 saturated heterocycles. The number of nitrogens with one attached hydrogen (secondary N) is 1. The Morgan fingerprint density at radius 3 is 2.94 bits per heavy atom. The molecule has 2 unspecified atom stereocenters. The quantitative estimate of drug-likeness (QED) is 0.852. The molecule has 1 aliphatic rings. The molecular weight excluding hydrogens is 206 g/mol. The van der Waals surface area contributed by atoms with Gasteiger partial charge in [0.15, 0.2) is 5.79 Å². The third-order valence-electron chi connectivity index (χ3n) is 2.69. The van der Waals surface area contributed by atoms with Crippen molar-refractivity contribution in [2.75, 3.05) is 13.2 Å². The first-order valence-corrected chi connectivity index (χ1v) is 5.65. The average Bonchev–Trinajstić information content (AvgIpc) is 2.83. The Balaban J connectivity index is 1.76. The lowest BCUT2D eigenvalue weighted by atomic mass is 10.2.